The number of aromatic amines is 1. The molecule has 0 saturated heterocycles. The lowest BCUT2D eigenvalue weighted by molar-refractivity contribution is 0.422. The van der Waals surface area contributed by atoms with Crippen molar-refractivity contribution in [3.63, 3.8) is 0 Å². The van der Waals surface area contributed by atoms with Crippen molar-refractivity contribution in [2.24, 2.45) is 0 Å². The molecule has 1 N–H and O–H groups in total. The summed E-state index contributed by atoms with van der Waals surface area (Å²) in [7, 11) is 0. The molecule has 3 aromatic rings. The van der Waals surface area contributed by atoms with Gasteiger partial charge < -0.3 is 4.52 Å². The fourth-order valence-electron chi connectivity index (χ4n) is 1.89. The third-order valence-corrected chi connectivity index (χ3v) is 2.69. The molecule has 4 nitrogen and oxygen atoms in total. The summed E-state index contributed by atoms with van der Waals surface area (Å²) in [5.74, 6) is 0. The maximum absolute atomic E-state index is 4.89. The molecule has 0 fully saturated rings. The van der Waals surface area contributed by atoms with Gasteiger partial charge in [0, 0.05) is 17.3 Å². The molecule has 2 aromatic heterocycles. The van der Waals surface area contributed by atoms with Gasteiger partial charge in [-0.25, -0.2) is 0 Å². The lowest BCUT2D eigenvalue weighted by Gasteiger charge is -1.99. The van der Waals surface area contributed by atoms with E-state index in [9.17, 15) is 0 Å². The summed E-state index contributed by atoms with van der Waals surface area (Å²) in [6, 6.07) is 11.9. The summed E-state index contributed by atoms with van der Waals surface area (Å²) < 4.78 is 4.89. The number of hydrogen-bond acceptors (Lipinski definition) is 3. The number of nitrogens with one attached hydrogen (secondary N) is 1. The molecule has 17 heavy (non-hydrogen) atoms. The Morgan fingerprint density at radius 2 is 1.94 bits per heavy atom. The molecule has 0 amide bonds. The minimum Gasteiger partial charge on any atom is -0.364 e. The fourth-order valence-corrected chi connectivity index (χ4v) is 1.89. The van der Waals surface area contributed by atoms with Gasteiger partial charge in [-0.2, -0.15) is 5.10 Å². The second-order valence-electron chi connectivity index (χ2n) is 3.82. The largest absolute Gasteiger partial charge is 0.364 e. The highest BCUT2D eigenvalue weighted by Crippen LogP contribution is 2.31. The zero-order chi connectivity index (χ0) is 11.7. The monoisotopic (exact) mass is 225 g/mol. The first-order valence-corrected chi connectivity index (χ1v) is 5.37. The van der Waals surface area contributed by atoms with Crippen LogP contribution in [0.2, 0.25) is 0 Å². The standard InChI is InChI=1S/C13H11N3O/c1-9-12(11-7-8-17-16-11)13(15-14-9)10-5-3-2-4-6-10/h2-8H,1H3,(H,14,15). The van der Waals surface area contributed by atoms with Crippen molar-refractivity contribution in [3.05, 3.63) is 48.4 Å². The van der Waals surface area contributed by atoms with Crippen LogP contribution in [0.3, 0.4) is 0 Å². The average molecular weight is 225 g/mol. The molecule has 1 aromatic carbocycles. The van der Waals surface area contributed by atoms with Gasteiger partial charge in [0.2, 0.25) is 0 Å². The van der Waals surface area contributed by atoms with Crippen molar-refractivity contribution < 1.29 is 4.52 Å². The van der Waals surface area contributed by atoms with E-state index in [1.165, 1.54) is 0 Å². The van der Waals surface area contributed by atoms with Crippen LogP contribution in [0.4, 0.5) is 0 Å². The smallest absolute Gasteiger partial charge is 0.124 e. The first-order chi connectivity index (χ1) is 8.36. The van der Waals surface area contributed by atoms with Gasteiger partial charge in [-0.05, 0) is 6.92 Å². The van der Waals surface area contributed by atoms with E-state index in [0.29, 0.717) is 0 Å². The second kappa shape index (κ2) is 3.90. The van der Waals surface area contributed by atoms with Crippen molar-refractivity contribution >= 4 is 0 Å². The van der Waals surface area contributed by atoms with Crippen LogP contribution in [0.15, 0.2) is 47.2 Å². The predicted octanol–water partition coefficient (Wildman–Crippen LogP) is 3.04. The first-order valence-electron chi connectivity index (χ1n) is 5.37. The molecule has 0 bridgehead atoms. The molecule has 84 valence electrons. The molecule has 0 aliphatic carbocycles. The zero-order valence-electron chi connectivity index (χ0n) is 9.34. The van der Waals surface area contributed by atoms with E-state index in [-0.39, 0.29) is 0 Å². The summed E-state index contributed by atoms with van der Waals surface area (Å²) in [6.07, 6.45) is 1.57. The maximum atomic E-state index is 4.89. The van der Waals surface area contributed by atoms with Crippen LogP contribution in [-0.4, -0.2) is 15.4 Å². The number of aromatic nitrogens is 3. The Labute approximate surface area is 98.3 Å². The van der Waals surface area contributed by atoms with Crippen molar-refractivity contribution in [2.75, 3.05) is 0 Å². The summed E-state index contributed by atoms with van der Waals surface area (Å²) in [5, 5.41) is 11.3. The number of H-pyrrole nitrogens is 1. The van der Waals surface area contributed by atoms with Crippen molar-refractivity contribution in [3.8, 4) is 22.5 Å². The SMILES string of the molecule is Cc1[nH]nc(-c2ccccc2)c1-c1ccon1. The maximum Gasteiger partial charge on any atom is 0.124 e. The van der Waals surface area contributed by atoms with E-state index < -0.39 is 0 Å². The number of nitrogens with zero attached hydrogens (tertiary/aromatic N) is 2. The molecule has 0 saturated carbocycles. The number of benzene rings is 1. The van der Waals surface area contributed by atoms with Gasteiger partial charge in [-0.3, -0.25) is 5.10 Å². The van der Waals surface area contributed by atoms with Crippen molar-refractivity contribution in [1.82, 2.24) is 15.4 Å². The molecule has 0 atom stereocenters. The fraction of sp³-hybridized carbons (Fsp3) is 0.0769. The summed E-state index contributed by atoms with van der Waals surface area (Å²) in [6.45, 7) is 1.98. The summed E-state index contributed by atoms with van der Waals surface area (Å²) in [4.78, 5) is 0. The van der Waals surface area contributed by atoms with Crippen LogP contribution in [0.25, 0.3) is 22.5 Å². The van der Waals surface area contributed by atoms with E-state index in [0.717, 1.165) is 28.2 Å². The van der Waals surface area contributed by atoms with Gasteiger partial charge in [0.1, 0.15) is 17.7 Å². The van der Waals surface area contributed by atoms with Gasteiger partial charge in [0.15, 0.2) is 0 Å². The number of rotatable bonds is 2. The highest BCUT2D eigenvalue weighted by molar-refractivity contribution is 5.80. The van der Waals surface area contributed by atoms with Crippen LogP contribution in [0, 0.1) is 6.92 Å². The molecule has 4 heteroatoms. The minimum atomic E-state index is 0.801. The van der Waals surface area contributed by atoms with Gasteiger partial charge in [-0.15, -0.1) is 0 Å². The lowest BCUT2D eigenvalue weighted by Crippen LogP contribution is -1.83. The van der Waals surface area contributed by atoms with Crippen LogP contribution >= 0.6 is 0 Å². The third-order valence-electron chi connectivity index (χ3n) is 2.69. The van der Waals surface area contributed by atoms with Crippen LogP contribution in [0.5, 0.6) is 0 Å². The summed E-state index contributed by atoms with van der Waals surface area (Å²) in [5.41, 5.74) is 4.74. The Hall–Kier alpha value is -2.36. The Balaban J connectivity index is 2.20. The summed E-state index contributed by atoms with van der Waals surface area (Å²) >= 11 is 0. The van der Waals surface area contributed by atoms with Crippen molar-refractivity contribution in [2.45, 2.75) is 6.92 Å². The van der Waals surface area contributed by atoms with E-state index in [1.54, 1.807) is 6.26 Å². The highest BCUT2D eigenvalue weighted by Gasteiger charge is 2.15. The topological polar surface area (TPSA) is 54.7 Å². The molecule has 3 rings (SSSR count). The Kier molecular flexibility index (Phi) is 2.26. The van der Waals surface area contributed by atoms with E-state index in [4.69, 9.17) is 4.52 Å². The van der Waals surface area contributed by atoms with Crippen LogP contribution in [0.1, 0.15) is 5.69 Å². The van der Waals surface area contributed by atoms with E-state index in [2.05, 4.69) is 15.4 Å². The zero-order valence-corrected chi connectivity index (χ0v) is 9.34. The van der Waals surface area contributed by atoms with Gasteiger partial charge in [0.05, 0.1) is 5.56 Å². The quantitative estimate of drug-likeness (QED) is 0.729. The second-order valence-corrected chi connectivity index (χ2v) is 3.82. The Bertz CT molecular complexity index is 611. The number of aryl methyl sites for hydroxylation is 1. The van der Waals surface area contributed by atoms with Crippen LogP contribution in [-0.2, 0) is 0 Å². The average Bonchev–Trinajstić information content (AvgIpc) is 2.99. The highest BCUT2D eigenvalue weighted by atomic mass is 16.5. The van der Waals surface area contributed by atoms with Crippen molar-refractivity contribution in [1.29, 1.82) is 0 Å². The van der Waals surface area contributed by atoms with Crippen LogP contribution < -0.4 is 0 Å². The lowest BCUT2D eigenvalue weighted by atomic mass is 10.0. The minimum absolute atomic E-state index is 0.801. The normalized spacial score (nSPS) is 10.6. The molecule has 0 aliphatic rings. The first kappa shape index (κ1) is 9.84. The Morgan fingerprint density at radius 3 is 2.65 bits per heavy atom. The molecule has 0 unspecified atom stereocenters. The van der Waals surface area contributed by atoms with Gasteiger partial charge in [-0.1, -0.05) is 35.5 Å². The van der Waals surface area contributed by atoms with E-state index >= 15 is 0 Å². The van der Waals surface area contributed by atoms with Gasteiger partial charge in [0.25, 0.3) is 0 Å². The predicted molar refractivity (Wildman–Crippen MR) is 64.3 cm³/mol. The molecule has 0 aliphatic heterocycles. The number of hydrogen-bond donors (Lipinski definition) is 1. The van der Waals surface area contributed by atoms with Gasteiger partial charge >= 0.3 is 0 Å². The Morgan fingerprint density at radius 1 is 1.12 bits per heavy atom. The molecule has 2 heterocycles. The third kappa shape index (κ3) is 1.63. The molecular weight excluding hydrogens is 214 g/mol. The van der Waals surface area contributed by atoms with E-state index in [1.807, 2.05) is 43.3 Å². The molecule has 0 spiro atoms. The molecule has 0 radical (unpaired) electrons. The molecular formula is C13H11N3O.